The summed E-state index contributed by atoms with van der Waals surface area (Å²) < 4.78 is 0. The van der Waals surface area contributed by atoms with E-state index in [1.165, 1.54) is 22.3 Å². The van der Waals surface area contributed by atoms with E-state index in [2.05, 4.69) is 71.6 Å². The van der Waals surface area contributed by atoms with Crippen LogP contribution in [0.2, 0.25) is 5.02 Å². The van der Waals surface area contributed by atoms with E-state index in [-0.39, 0.29) is 0 Å². The topological polar surface area (TPSA) is 29.3 Å². The third-order valence-electron chi connectivity index (χ3n) is 4.54. The van der Waals surface area contributed by atoms with Gasteiger partial charge in [-0.15, -0.1) is 0 Å². The van der Waals surface area contributed by atoms with Crippen molar-refractivity contribution in [2.24, 2.45) is 5.73 Å². The summed E-state index contributed by atoms with van der Waals surface area (Å²) in [5, 5.41) is 0.780. The van der Waals surface area contributed by atoms with Gasteiger partial charge in [-0.1, -0.05) is 78.3 Å². The van der Waals surface area contributed by atoms with Crippen LogP contribution in [0.25, 0.3) is 0 Å². The van der Waals surface area contributed by atoms with Gasteiger partial charge < -0.3 is 5.73 Å². The molecule has 0 bridgehead atoms. The molecule has 0 amide bonds. The van der Waals surface area contributed by atoms with E-state index in [0.717, 1.165) is 31.1 Å². The molecule has 26 heavy (non-hydrogen) atoms. The lowest BCUT2D eigenvalue weighted by atomic mass is 10.1. The molecule has 0 saturated heterocycles. The normalized spacial score (nSPS) is 11.0. The summed E-state index contributed by atoms with van der Waals surface area (Å²) in [6, 6.07) is 27.4. The van der Waals surface area contributed by atoms with E-state index < -0.39 is 0 Å². The molecule has 0 aliphatic rings. The first-order valence-electron chi connectivity index (χ1n) is 9.01. The lowest BCUT2D eigenvalue weighted by Gasteiger charge is -2.23. The Bertz CT molecular complexity index is 783. The van der Waals surface area contributed by atoms with Crippen molar-refractivity contribution in [3.8, 4) is 0 Å². The van der Waals surface area contributed by atoms with Crippen molar-refractivity contribution in [2.45, 2.75) is 26.1 Å². The van der Waals surface area contributed by atoms with Crippen LogP contribution in [0.5, 0.6) is 0 Å². The summed E-state index contributed by atoms with van der Waals surface area (Å²) in [5.74, 6) is 0. The quantitative estimate of drug-likeness (QED) is 0.606. The van der Waals surface area contributed by atoms with Gasteiger partial charge in [0.05, 0.1) is 0 Å². The standard InChI is InChI=1S/C23H25ClN2/c24-23-12-10-22(11-13-23)18-26(15-14-19-4-2-1-3-5-19)17-21-8-6-20(16-25)7-9-21/h1-13H,14-18,25H2. The summed E-state index contributed by atoms with van der Waals surface area (Å²) in [7, 11) is 0. The van der Waals surface area contributed by atoms with Gasteiger partial charge in [-0.2, -0.15) is 0 Å². The van der Waals surface area contributed by atoms with Crippen LogP contribution in [-0.4, -0.2) is 11.4 Å². The molecule has 134 valence electrons. The minimum atomic E-state index is 0.586. The fourth-order valence-electron chi connectivity index (χ4n) is 3.03. The Hall–Kier alpha value is -2.13. The number of rotatable bonds is 8. The van der Waals surface area contributed by atoms with Gasteiger partial charge in [0.1, 0.15) is 0 Å². The Morgan fingerprint density at radius 2 is 1.19 bits per heavy atom. The van der Waals surface area contributed by atoms with Crippen molar-refractivity contribution >= 4 is 11.6 Å². The van der Waals surface area contributed by atoms with Crippen LogP contribution in [0, 0.1) is 0 Å². The number of hydrogen-bond donors (Lipinski definition) is 1. The molecule has 3 heteroatoms. The van der Waals surface area contributed by atoms with Crippen molar-refractivity contribution in [1.82, 2.24) is 4.90 Å². The molecule has 0 heterocycles. The SMILES string of the molecule is NCc1ccc(CN(CCc2ccccc2)Cc2ccc(Cl)cc2)cc1. The molecule has 0 aliphatic heterocycles. The zero-order chi connectivity index (χ0) is 18.2. The smallest absolute Gasteiger partial charge is 0.0406 e. The van der Waals surface area contributed by atoms with E-state index in [9.17, 15) is 0 Å². The molecular formula is C23H25ClN2. The van der Waals surface area contributed by atoms with Gasteiger partial charge in [-0.25, -0.2) is 0 Å². The molecule has 3 aromatic rings. The third kappa shape index (κ3) is 5.70. The highest BCUT2D eigenvalue weighted by Gasteiger charge is 2.08. The molecule has 2 nitrogen and oxygen atoms in total. The highest BCUT2D eigenvalue weighted by molar-refractivity contribution is 6.30. The first kappa shape index (κ1) is 18.7. The number of nitrogens with zero attached hydrogens (tertiary/aromatic N) is 1. The Balaban J connectivity index is 1.69. The Labute approximate surface area is 161 Å². The summed E-state index contributed by atoms with van der Waals surface area (Å²) in [6.07, 6.45) is 1.04. The fourth-order valence-corrected chi connectivity index (χ4v) is 3.16. The maximum atomic E-state index is 6.02. The highest BCUT2D eigenvalue weighted by Crippen LogP contribution is 2.15. The summed E-state index contributed by atoms with van der Waals surface area (Å²) in [4.78, 5) is 2.48. The van der Waals surface area contributed by atoms with Gasteiger partial charge in [-0.05, 0) is 40.8 Å². The molecule has 3 rings (SSSR count). The molecule has 0 aromatic heterocycles. The van der Waals surface area contributed by atoms with Crippen molar-refractivity contribution in [1.29, 1.82) is 0 Å². The Morgan fingerprint density at radius 1 is 0.654 bits per heavy atom. The second kappa shape index (κ2) is 9.54. The van der Waals surface area contributed by atoms with E-state index >= 15 is 0 Å². The molecule has 0 unspecified atom stereocenters. The number of benzene rings is 3. The van der Waals surface area contributed by atoms with Crippen LogP contribution in [-0.2, 0) is 26.1 Å². The molecule has 0 saturated carbocycles. The molecule has 0 radical (unpaired) electrons. The van der Waals surface area contributed by atoms with Crippen LogP contribution in [0.4, 0.5) is 0 Å². The summed E-state index contributed by atoms with van der Waals surface area (Å²) >= 11 is 6.02. The predicted molar refractivity (Wildman–Crippen MR) is 110 cm³/mol. The van der Waals surface area contributed by atoms with E-state index in [4.69, 9.17) is 17.3 Å². The van der Waals surface area contributed by atoms with Gasteiger partial charge in [0, 0.05) is 31.2 Å². The number of hydrogen-bond acceptors (Lipinski definition) is 2. The summed E-state index contributed by atoms with van der Waals surface area (Å²) in [5.41, 5.74) is 10.8. The second-order valence-electron chi connectivity index (χ2n) is 6.59. The average molecular weight is 365 g/mol. The average Bonchev–Trinajstić information content (AvgIpc) is 2.69. The molecule has 3 aromatic carbocycles. The molecule has 0 aliphatic carbocycles. The number of nitrogens with two attached hydrogens (primary N) is 1. The zero-order valence-corrected chi connectivity index (χ0v) is 15.7. The lowest BCUT2D eigenvalue weighted by Crippen LogP contribution is -2.25. The van der Waals surface area contributed by atoms with Crippen LogP contribution >= 0.6 is 11.6 Å². The highest BCUT2D eigenvalue weighted by atomic mass is 35.5. The molecule has 0 atom stereocenters. The number of halogens is 1. The fraction of sp³-hybridized carbons (Fsp3) is 0.217. The Morgan fingerprint density at radius 3 is 1.77 bits per heavy atom. The van der Waals surface area contributed by atoms with Gasteiger partial charge >= 0.3 is 0 Å². The lowest BCUT2D eigenvalue weighted by molar-refractivity contribution is 0.260. The van der Waals surface area contributed by atoms with Gasteiger partial charge in [0.15, 0.2) is 0 Å². The first-order chi connectivity index (χ1) is 12.7. The third-order valence-corrected chi connectivity index (χ3v) is 4.80. The summed E-state index contributed by atoms with van der Waals surface area (Å²) in [6.45, 7) is 3.41. The van der Waals surface area contributed by atoms with Crippen molar-refractivity contribution in [2.75, 3.05) is 6.54 Å². The van der Waals surface area contributed by atoms with Crippen molar-refractivity contribution in [3.63, 3.8) is 0 Å². The minimum absolute atomic E-state index is 0.586. The van der Waals surface area contributed by atoms with Gasteiger partial charge in [0.2, 0.25) is 0 Å². The maximum Gasteiger partial charge on any atom is 0.0406 e. The maximum absolute atomic E-state index is 6.02. The largest absolute Gasteiger partial charge is 0.326 e. The van der Waals surface area contributed by atoms with E-state index in [1.54, 1.807) is 0 Å². The van der Waals surface area contributed by atoms with Crippen molar-refractivity contribution < 1.29 is 0 Å². The van der Waals surface area contributed by atoms with Crippen LogP contribution < -0.4 is 5.73 Å². The predicted octanol–water partition coefficient (Wildman–Crippen LogP) is 5.04. The van der Waals surface area contributed by atoms with Crippen molar-refractivity contribution in [3.05, 3.63) is 106 Å². The second-order valence-corrected chi connectivity index (χ2v) is 7.03. The van der Waals surface area contributed by atoms with Gasteiger partial charge in [-0.3, -0.25) is 4.90 Å². The first-order valence-corrected chi connectivity index (χ1v) is 9.39. The van der Waals surface area contributed by atoms with Crippen LogP contribution in [0.3, 0.4) is 0 Å². The minimum Gasteiger partial charge on any atom is -0.326 e. The van der Waals surface area contributed by atoms with Gasteiger partial charge in [0.25, 0.3) is 0 Å². The monoisotopic (exact) mass is 364 g/mol. The molecule has 2 N–H and O–H groups in total. The van der Waals surface area contributed by atoms with E-state index in [0.29, 0.717) is 6.54 Å². The Kier molecular flexibility index (Phi) is 6.84. The van der Waals surface area contributed by atoms with Crippen LogP contribution in [0.15, 0.2) is 78.9 Å². The zero-order valence-electron chi connectivity index (χ0n) is 14.9. The van der Waals surface area contributed by atoms with E-state index in [1.807, 2.05) is 12.1 Å². The molecule has 0 spiro atoms. The molecular weight excluding hydrogens is 340 g/mol. The molecule has 0 fully saturated rings. The van der Waals surface area contributed by atoms with Crippen LogP contribution in [0.1, 0.15) is 22.3 Å².